The van der Waals surface area contributed by atoms with Crippen LogP contribution >= 0.6 is 0 Å². The standard InChI is InChI=1S/C20H17N3O4/c1-13(2)20(26)27-17-12-18(24)23(19(17)25)16-10-8-15(9-11-16)22-21-14-6-4-3-5-7-14/h3-11,17H,1,12H2,2H3/t17-/m0/s1. The normalized spacial score (nSPS) is 16.8. The van der Waals surface area contributed by atoms with E-state index in [4.69, 9.17) is 4.74 Å². The number of carbonyl (C=O) groups excluding carboxylic acids is 3. The second-order valence-corrected chi connectivity index (χ2v) is 6.00. The Bertz CT molecular complexity index is 920. The number of ether oxygens (including phenoxy) is 1. The minimum Gasteiger partial charge on any atom is -0.448 e. The lowest BCUT2D eigenvalue weighted by Gasteiger charge is -2.15. The van der Waals surface area contributed by atoms with E-state index in [1.165, 1.54) is 6.92 Å². The van der Waals surface area contributed by atoms with E-state index >= 15 is 0 Å². The fourth-order valence-electron chi connectivity index (χ4n) is 2.48. The molecule has 27 heavy (non-hydrogen) atoms. The molecule has 0 radical (unpaired) electrons. The molecule has 1 aliphatic rings. The van der Waals surface area contributed by atoms with Crippen LogP contribution in [0.1, 0.15) is 13.3 Å². The summed E-state index contributed by atoms with van der Waals surface area (Å²) in [7, 11) is 0. The van der Waals surface area contributed by atoms with Gasteiger partial charge in [-0.25, -0.2) is 9.69 Å². The average Bonchev–Trinajstić information content (AvgIpc) is 2.94. The van der Waals surface area contributed by atoms with E-state index in [2.05, 4.69) is 16.8 Å². The van der Waals surface area contributed by atoms with Crippen LogP contribution < -0.4 is 4.90 Å². The van der Waals surface area contributed by atoms with Gasteiger partial charge in [0.05, 0.1) is 23.5 Å². The lowest BCUT2D eigenvalue weighted by atomic mass is 10.2. The second-order valence-electron chi connectivity index (χ2n) is 6.00. The van der Waals surface area contributed by atoms with Crippen molar-refractivity contribution in [1.82, 2.24) is 0 Å². The minimum absolute atomic E-state index is 0.168. The Morgan fingerprint density at radius 1 is 1.04 bits per heavy atom. The monoisotopic (exact) mass is 363 g/mol. The molecule has 0 unspecified atom stereocenters. The largest absolute Gasteiger partial charge is 0.448 e. The van der Waals surface area contributed by atoms with Gasteiger partial charge in [-0.2, -0.15) is 10.2 Å². The van der Waals surface area contributed by atoms with Crippen LogP contribution in [0.2, 0.25) is 0 Å². The summed E-state index contributed by atoms with van der Waals surface area (Å²) in [5.41, 5.74) is 1.85. The third-order valence-corrected chi connectivity index (χ3v) is 3.85. The number of esters is 1. The summed E-state index contributed by atoms with van der Waals surface area (Å²) in [4.78, 5) is 37.2. The zero-order valence-electron chi connectivity index (χ0n) is 14.7. The van der Waals surface area contributed by atoms with Crippen LogP contribution in [0.25, 0.3) is 0 Å². The van der Waals surface area contributed by atoms with Crippen LogP contribution in [0.15, 0.2) is 77.0 Å². The lowest BCUT2D eigenvalue weighted by Crippen LogP contribution is -2.33. The van der Waals surface area contributed by atoms with Crippen molar-refractivity contribution in [3.05, 3.63) is 66.7 Å². The number of amides is 2. The van der Waals surface area contributed by atoms with Gasteiger partial charge in [-0.15, -0.1) is 0 Å². The summed E-state index contributed by atoms with van der Waals surface area (Å²) in [5, 5.41) is 8.22. The van der Waals surface area contributed by atoms with Gasteiger partial charge in [0.15, 0.2) is 6.10 Å². The quantitative estimate of drug-likeness (QED) is 0.349. The topological polar surface area (TPSA) is 88.4 Å². The first-order chi connectivity index (χ1) is 13.0. The van der Waals surface area contributed by atoms with E-state index in [1.54, 1.807) is 24.3 Å². The molecule has 2 amide bonds. The number of hydrogen-bond donors (Lipinski definition) is 0. The van der Waals surface area contributed by atoms with Crippen molar-refractivity contribution < 1.29 is 19.1 Å². The molecule has 0 aromatic heterocycles. The minimum atomic E-state index is -1.13. The number of anilines is 1. The van der Waals surface area contributed by atoms with Crippen molar-refractivity contribution in [2.24, 2.45) is 10.2 Å². The molecule has 7 heteroatoms. The summed E-state index contributed by atoms with van der Waals surface area (Å²) in [6.07, 6.45) is -1.31. The molecule has 7 nitrogen and oxygen atoms in total. The third-order valence-electron chi connectivity index (χ3n) is 3.85. The van der Waals surface area contributed by atoms with E-state index in [1.807, 2.05) is 30.3 Å². The van der Waals surface area contributed by atoms with Gasteiger partial charge in [0, 0.05) is 5.57 Å². The van der Waals surface area contributed by atoms with Crippen molar-refractivity contribution in [2.75, 3.05) is 4.90 Å². The number of hydrogen-bond acceptors (Lipinski definition) is 6. The summed E-state index contributed by atoms with van der Waals surface area (Å²) in [6, 6.07) is 15.7. The summed E-state index contributed by atoms with van der Waals surface area (Å²) in [5.74, 6) is -1.70. The van der Waals surface area contributed by atoms with E-state index < -0.39 is 23.9 Å². The van der Waals surface area contributed by atoms with Gasteiger partial charge in [-0.05, 0) is 43.3 Å². The highest BCUT2D eigenvalue weighted by Gasteiger charge is 2.42. The molecule has 0 bridgehead atoms. The smallest absolute Gasteiger partial charge is 0.333 e. The molecule has 1 heterocycles. The van der Waals surface area contributed by atoms with Crippen LogP contribution in [0.3, 0.4) is 0 Å². The van der Waals surface area contributed by atoms with Crippen molar-refractivity contribution >= 4 is 34.8 Å². The van der Waals surface area contributed by atoms with Gasteiger partial charge in [0.1, 0.15) is 0 Å². The zero-order chi connectivity index (χ0) is 19.4. The van der Waals surface area contributed by atoms with E-state index in [9.17, 15) is 14.4 Å². The maximum Gasteiger partial charge on any atom is 0.333 e. The predicted octanol–water partition coefficient (Wildman–Crippen LogP) is 3.85. The highest BCUT2D eigenvalue weighted by Crippen LogP contribution is 2.27. The van der Waals surface area contributed by atoms with Gasteiger partial charge in [-0.3, -0.25) is 9.59 Å². The Morgan fingerprint density at radius 2 is 1.63 bits per heavy atom. The maximum absolute atomic E-state index is 12.4. The van der Waals surface area contributed by atoms with Crippen LogP contribution in [-0.2, 0) is 19.1 Å². The molecular formula is C20H17N3O4. The first kappa shape index (κ1) is 18.2. The van der Waals surface area contributed by atoms with Crippen molar-refractivity contribution in [3.8, 4) is 0 Å². The van der Waals surface area contributed by atoms with Crippen LogP contribution in [-0.4, -0.2) is 23.9 Å². The molecule has 0 saturated carbocycles. The van der Waals surface area contributed by atoms with Crippen LogP contribution in [0, 0.1) is 0 Å². The predicted molar refractivity (Wildman–Crippen MR) is 98.9 cm³/mol. The molecule has 2 aromatic rings. The average molecular weight is 363 g/mol. The molecule has 1 saturated heterocycles. The molecule has 0 spiro atoms. The second kappa shape index (κ2) is 7.74. The molecule has 2 aromatic carbocycles. The fraction of sp³-hybridized carbons (Fsp3) is 0.150. The number of rotatable bonds is 5. The zero-order valence-corrected chi connectivity index (χ0v) is 14.7. The van der Waals surface area contributed by atoms with Gasteiger partial charge in [0.25, 0.3) is 5.91 Å². The number of imide groups is 1. The van der Waals surface area contributed by atoms with Crippen LogP contribution in [0.5, 0.6) is 0 Å². The Kier molecular flexibility index (Phi) is 5.21. The summed E-state index contributed by atoms with van der Waals surface area (Å²) in [6.45, 7) is 4.94. The Hall–Kier alpha value is -3.61. The Labute approximate surface area is 156 Å². The van der Waals surface area contributed by atoms with E-state index in [0.717, 1.165) is 4.90 Å². The Balaban J connectivity index is 1.72. The maximum atomic E-state index is 12.4. The van der Waals surface area contributed by atoms with E-state index in [-0.39, 0.29) is 12.0 Å². The van der Waals surface area contributed by atoms with Crippen molar-refractivity contribution in [1.29, 1.82) is 0 Å². The van der Waals surface area contributed by atoms with Gasteiger partial charge in [0.2, 0.25) is 5.91 Å². The SMILES string of the molecule is C=C(C)C(=O)O[C@H]1CC(=O)N(c2ccc(N=Nc3ccccc3)cc2)C1=O. The first-order valence-corrected chi connectivity index (χ1v) is 8.26. The van der Waals surface area contributed by atoms with Gasteiger partial charge >= 0.3 is 5.97 Å². The highest BCUT2D eigenvalue weighted by atomic mass is 16.5. The number of nitrogens with zero attached hydrogens (tertiary/aromatic N) is 3. The number of benzene rings is 2. The molecule has 0 aliphatic carbocycles. The number of azo groups is 1. The van der Waals surface area contributed by atoms with Gasteiger partial charge in [-0.1, -0.05) is 24.8 Å². The molecule has 136 valence electrons. The molecule has 3 rings (SSSR count). The third kappa shape index (κ3) is 4.14. The molecule has 1 aliphatic heterocycles. The summed E-state index contributed by atoms with van der Waals surface area (Å²) >= 11 is 0. The summed E-state index contributed by atoms with van der Waals surface area (Å²) < 4.78 is 5.03. The van der Waals surface area contributed by atoms with Crippen molar-refractivity contribution in [2.45, 2.75) is 19.4 Å². The lowest BCUT2D eigenvalue weighted by molar-refractivity contribution is -0.149. The van der Waals surface area contributed by atoms with E-state index in [0.29, 0.717) is 17.1 Å². The molecular weight excluding hydrogens is 346 g/mol. The van der Waals surface area contributed by atoms with Crippen molar-refractivity contribution in [3.63, 3.8) is 0 Å². The highest BCUT2D eigenvalue weighted by molar-refractivity contribution is 6.22. The fourth-order valence-corrected chi connectivity index (χ4v) is 2.48. The number of carbonyl (C=O) groups is 3. The van der Waals surface area contributed by atoms with Crippen LogP contribution in [0.4, 0.5) is 17.1 Å². The first-order valence-electron chi connectivity index (χ1n) is 8.26. The molecule has 1 atom stereocenters. The molecule has 1 fully saturated rings. The Morgan fingerprint density at radius 3 is 2.22 bits per heavy atom. The van der Waals surface area contributed by atoms with Gasteiger partial charge < -0.3 is 4.74 Å². The molecule has 0 N–H and O–H groups in total.